The van der Waals surface area contributed by atoms with E-state index < -0.39 is 0 Å². The van der Waals surface area contributed by atoms with Gasteiger partial charge in [-0.2, -0.15) is 0 Å². The predicted octanol–water partition coefficient (Wildman–Crippen LogP) is 4.30. The summed E-state index contributed by atoms with van der Waals surface area (Å²) in [5, 5.41) is 0. The van der Waals surface area contributed by atoms with Crippen molar-refractivity contribution in [2.45, 2.75) is 33.1 Å². The number of ketones is 1. The number of carbonyl (C=O) groups is 1. The fourth-order valence-electron chi connectivity index (χ4n) is 1.71. The van der Waals surface area contributed by atoms with E-state index in [0.717, 1.165) is 22.0 Å². The first-order chi connectivity index (χ1) is 7.15. The molecule has 0 aromatic heterocycles. The fraction of sp³-hybridized carbons (Fsp3) is 0.462. The van der Waals surface area contributed by atoms with Crippen molar-refractivity contribution < 1.29 is 4.79 Å². The van der Waals surface area contributed by atoms with Crippen LogP contribution in [0.2, 0.25) is 0 Å². The Morgan fingerprint density at radius 1 is 1.40 bits per heavy atom. The van der Waals surface area contributed by atoms with Gasteiger partial charge in [-0.15, -0.1) is 0 Å². The predicted molar refractivity (Wildman–Crippen MR) is 72.2 cm³/mol. The van der Waals surface area contributed by atoms with Crippen molar-refractivity contribution in [3.63, 3.8) is 0 Å². The Morgan fingerprint density at radius 3 is 2.67 bits per heavy atom. The lowest BCUT2D eigenvalue weighted by atomic mass is 9.96. The first-order valence-corrected chi connectivity index (χ1v) is 6.50. The molecule has 0 aliphatic carbocycles. The third kappa shape index (κ3) is 3.93. The third-order valence-electron chi connectivity index (χ3n) is 2.49. The van der Waals surface area contributed by atoms with Gasteiger partial charge in [0.15, 0.2) is 5.78 Å². The van der Waals surface area contributed by atoms with Gasteiger partial charge in [-0.25, -0.2) is 0 Å². The Morgan fingerprint density at radius 2 is 2.07 bits per heavy atom. The Hall–Kier alpha value is -0.380. The minimum atomic E-state index is 0.279. The second kappa shape index (κ2) is 6.26. The highest BCUT2D eigenvalue weighted by Crippen LogP contribution is 2.18. The molecule has 1 aromatic carbocycles. The molecule has 82 valence electrons. The summed E-state index contributed by atoms with van der Waals surface area (Å²) >= 11 is 2.22. The molecule has 0 heterocycles. The van der Waals surface area contributed by atoms with Crippen LogP contribution in [0.4, 0.5) is 0 Å². The van der Waals surface area contributed by atoms with Gasteiger partial charge >= 0.3 is 0 Å². The minimum Gasteiger partial charge on any atom is -0.294 e. The van der Waals surface area contributed by atoms with E-state index in [1.54, 1.807) is 0 Å². The zero-order valence-corrected chi connectivity index (χ0v) is 11.5. The smallest absolute Gasteiger partial charge is 0.164 e. The molecule has 0 aliphatic rings. The molecule has 0 saturated carbocycles. The molecule has 0 aliphatic heterocycles. The number of halogens is 1. The SMILES string of the molecule is CCCC(C)CC(=O)c1ccccc1I. The summed E-state index contributed by atoms with van der Waals surface area (Å²) in [7, 11) is 0. The van der Waals surface area contributed by atoms with E-state index in [-0.39, 0.29) is 5.78 Å². The summed E-state index contributed by atoms with van der Waals surface area (Å²) < 4.78 is 1.06. The summed E-state index contributed by atoms with van der Waals surface area (Å²) in [5.74, 6) is 0.777. The highest BCUT2D eigenvalue weighted by molar-refractivity contribution is 14.1. The molecule has 0 amide bonds. The number of hydrogen-bond acceptors (Lipinski definition) is 1. The highest BCUT2D eigenvalue weighted by atomic mass is 127. The van der Waals surface area contributed by atoms with Crippen LogP contribution in [-0.2, 0) is 0 Å². The molecule has 1 aromatic rings. The molecule has 0 spiro atoms. The maximum Gasteiger partial charge on any atom is 0.164 e. The maximum absolute atomic E-state index is 11.9. The lowest BCUT2D eigenvalue weighted by Crippen LogP contribution is -2.07. The van der Waals surface area contributed by atoms with Crippen molar-refractivity contribution >= 4 is 28.4 Å². The van der Waals surface area contributed by atoms with E-state index in [0.29, 0.717) is 12.3 Å². The van der Waals surface area contributed by atoms with Gasteiger partial charge in [0, 0.05) is 15.6 Å². The zero-order valence-electron chi connectivity index (χ0n) is 9.29. The number of carbonyl (C=O) groups excluding carboxylic acids is 1. The molecule has 1 atom stereocenters. The van der Waals surface area contributed by atoms with E-state index in [9.17, 15) is 4.79 Å². The molecule has 1 nitrogen and oxygen atoms in total. The van der Waals surface area contributed by atoms with Crippen molar-refractivity contribution in [2.24, 2.45) is 5.92 Å². The van der Waals surface area contributed by atoms with Gasteiger partial charge in [0.05, 0.1) is 0 Å². The van der Waals surface area contributed by atoms with Gasteiger partial charge in [0.1, 0.15) is 0 Å². The quantitative estimate of drug-likeness (QED) is 0.585. The topological polar surface area (TPSA) is 17.1 Å². The van der Waals surface area contributed by atoms with Crippen LogP contribution in [0, 0.1) is 9.49 Å². The number of benzene rings is 1. The highest BCUT2D eigenvalue weighted by Gasteiger charge is 2.12. The van der Waals surface area contributed by atoms with E-state index >= 15 is 0 Å². The fourth-order valence-corrected chi connectivity index (χ4v) is 2.40. The van der Waals surface area contributed by atoms with Crippen LogP contribution in [0.3, 0.4) is 0 Å². The van der Waals surface area contributed by atoms with Crippen LogP contribution in [-0.4, -0.2) is 5.78 Å². The monoisotopic (exact) mass is 316 g/mol. The van der Waals surface area contributed by atoms with E-state index in [4.69, 9.17) is 0 Å². The van der Waals surface area contributed by atoms with Gasteiger partial charge in [-0.05, 0) is 34.6 Å². The van der Waals surface area contributed by atoms with Crippen LogP contribution in [0.1, 0.15) is 43.5 Å². The summed E-state index contributed by atoms with van der Waals surface area (Å²) in [6.45, 7) is 4.31. The number of hydrogen-bond donors (Lipinski definition) is 0. The molecule has 0 saturated heterocycles. The maximum atomic E-state index is 11.9. The molecule has 0 fully saturated rings. The lowest BCUT2D eigenvalue weighted by molar-refractivity contribution is 0.0962. The molecule has 15 heavy (non-hydrogen) atoms. The minimum absolute atomic E-state index is 0.279. The molecule has 0 N–H and O–H groups in total. The third-order valence-corrected chi connectivity index (χ3v) is 3.43. The molecule has 1 rings (SSSR count). The summed E-state index contributed by atoms with van der Waals surface area (Å²) in [6.07, 6.45) is 2.96. The standard InChI is InChI=1S/C13H17IO/c1-3-6-10(2)9-13(15)11-7-4-5-8-12(11)14/h4-5,7-8,10H,3,6,9H2,1-2H3. The second-order valence-electron chi connectivity index (χ2n) is 4.00. The molecule has 2 heteroatoms. The van der Waals surface area contributed by atoms with Crippen LogP contribution < -0.4 is 0 Å². The largest absolute Gasteiger partial charge is 0.294 e. The second-order valence-corrected chi connectivity index (χ2v) is 5.16. The normalized spacial score (nSPS) is 12.5. The summed E-state index contributed by atoms with van der Waals surface area (Å²) in [6, 6.07) is 7.80. The Bertz CT molecular complexity index is 333. The Labute approximate surface area is 105 Å². The van der Waals surface area contributed by atoms with Gasteiger partial charge < -0.3 is 0 Å². The Kier molecular flexibility index (Phi) is 5.29. The van der Waals surface area contributed by atoms with Gasteiger partial charge in [0.2, 0.25) is 0 Å². The Balaban J connectivity index is 2.65. The van der Waals surface area contributed by atoms with Gasteiger partial charge in [-0.1, -0.05) is 44.9 Å². The molecule has 1 unspecified atom stereocenters. The van der Waals surface area contributed by atoms with Crippen LogP contribution in [0.15, 0.2) is 24.3 Å². The lowest BCUT2D eigenvalue weighted by Gasteiger charge is -2.09. The van der Waals surface area contributed by atoms with E-state index in [1.165, 1.54) is 0 Å². The van der Waals surface area contributed by atoms with Crippen molar-refractivity contribution in [3.05, 3.63) is 33.4 Å². The number of rotatable bonds is 5. The number of Topliss-reactive ketones (excluding diaryl/α,β-unsaturated/α-hetero) is 1. The molecule has 0 radical (unpaired) electrons. The first kappa shape index (κ1) is 12.7. The van der Waals surface area contributed by atoms with Crippen molar-refractivity contribution in [3.8, 4) is 0 Å². The van der Waals surface area contributed by atoms with Crippen molar-refractivity contribution in [1.82, 2.24) is 0 Å². The van der Waals surface area contributed by atoms with Crippen LogP contribution >= 0.6 is 22.6 Å². The summed E-state index contributed by atoms with van der Waals surface area (Å²) in [5.41, 5.74) is 0.876. The first-order valence-electron chi connectivity index (χ1n) is 5.42. The average molecular weight is 316 g/mol. The van der Waals surface area contributed by atoms with Gasteiger partial charge in [0.25, 0.3) is 0 Å². The van der Waals surface area contributed by atoms with E-state index in [1.807, 2.05) is 24.3 Å². The molecular formula is C13H17IO. The average Bonchev–Trinajstić information content (AvgIpc) is 2.18. The van der Waals surface area contributed by atoms with Crippen molar-refractivity contribution in [1.29, 1.82) is 0 Å². The van der Waals surface area contributed by atoms with Crippen LogP contribution in [0.25, 0.3) is 0 Å². The van der Waals surface area contributed by atoms with E-state index in [2.05, 4.69) is 36.4 Å². The molecular weight excluding hydrogens is 299 g/mol. The van der Waals surface area contributed by atoms with Gasteiger partial charge in [-0.3, -0.25) is 4.79 Å². The zero-order chi connectivity index (χ0) is 11.3. The van der Waals surface area contributed by atoms with Crippen LogP contribution in [0.5, 0.6) is 0 Å². The summed E-state index contributed by atoms with van der Waals surface area (Å²) in [4.78, 5) is 11.9. The molecule has 0 bridgehead atoms. The van der Waals surface area contributed by atoms with Crippen molar-refractivity contribution in [2.75, 3.05) is 0 Å².